The van der Waals surface area contributed by atoms with Crippen molar-refractivity contribution in [2.75, 3.05) is 17.2 Å². The number of carbonyl (C=O) groups excluding carboxylic acids is 3. The van der Waals surface area contributed by atoms with Crippen LogP contribution in [0.5, 0.6) is 0 Å². The maximum absolute atomic E-state index is 12.9. The number of thiazole rings is 1. The first-order valence-electron chi connectivity index (χ1n) is 9.46. The molecule has 3 amide bonds. The molecule has 0 saturated carbocycles. The van der Waals surface area contributed by atoms with Gasteiger partial charge in [0.05, 0.1) is 10.2 Å². The fraction of sp³-hybridized carbons (Fsp3) is 0.238. The number of fused-ring (bicyclic) bond motifs is 1. The lowest BCUT2D eigenvalue weighted by Gasteiger charge is -2.23. The zero-order valence-electron chi connectivity index (χ0n) is 16.1. The molecule has 2 aromatic carbocycles. The second-order valence-electron chi connectivity index (χ2n) is 7.04. The van der Waals surface area contributed by atoms with Gasteiger partial charge in [0, 0.05) is 29.2 Å². The van der Waals surface area contributed by atoms with Crippen molar-refractivity contribution in [2.24, 2.45) is 0 Å². The molecule has 2 heterocycles. The van der Waals surface area contributed by atoms with Gasteiger partial charge in [-0.3, -0.25) is 14.4 Å². The summed E-state index contributed by atoms with van der Waals surface area (Å²) in [7, 11) is 0. The fourth-order valence-electron chi connectivity index (χ4n) is 3.49. The van der Waals surface area contributed by atoms with Gasteiger partial charge in [-0.15, -0.1) is 0 Å². The molecule has 1 fully saturated rings. The molecule has 1 atom stereocenters. The monoisotopic (exact) mass is 486 g/mol. The molecule has 1 aromatic heterocycles. The molecule has 0 bridgehead atoms. The van der Waals surface area contributed by atoms with Gasteiger partial charge in [-0.05, 0) is 55.3 Å². The Balaban J connectivity index is 1.49. The Hall–Kier alpha value is -2.78. The molecule has 0 spiro atoms. The number of hydrogen-bond acceptors (Lipinski definition) is 5. The van der Waals surface area contributed by atoms with E-state index < -0.39 is 6.04 Å². The van der Waals surface area contributed by atoms with Gasteiger partial charge in [-0.2, -0.15) is 0 Å². The molecule has 7 nitrogen and oxygen atoms in total. The van der Waals surface area contributed by atoms with Crippen LogP contribution in [-0.4, -0.2) is 40.2 Å². The highest BCUT2D eigenvalue weighted by Gasteiger charge is 2.34. The van der Waals surface area contributed by atoms with Crippen molar-refractivity contribution in [1.82, 2.24) is 9.88 Å². The Bertz CT molecular complexity index is 1130. The van der Waals surface area contributed by atoms with E-state index in [-0.39, 0.29) is 17.7 Å². The normalized spacial score (nSPS) is 15.9. The number of likely N-dealkylation sites (tertiary alicyclic amines) is 1. The van der Waals surface area contributed by atoms with Crippen LogP contribution in [0.1, 0.15) is 30.1 Å². The molecule has 3 aromatic rings. The van der Waals surface area contributed by atoms with E-state index in [1.165, 1.54) is 18.3 Å². The number of rotatable bonds is 4. The summed E-state index contributed by atoms with van der Waals surface area (Å²) in [6.45, 7) is 2.00. The first-order chi connectivity index (χ1) is 14.4. The molecule has 9 heteroatoms. The van der Waals surface area contributed by atoms with Gasteiger partial charge in [0.2, 0.25) is 11.8 Å². The van der Waals surface area contributed by atoms with E-state index in [0.29, 0.717) is 29.3 Å². The molecule has 2 N–H and O–H groups in total. The van der Waals surface area contributed by atoms with E-state index in [2.05, 4.69) is 31.5 Å². The number of nitrogens with zero attached hydrogens (tertiary/aromatic N) is 2. The topological polar surface area (TPSA) is 91.4 Å². The van der Waals surface area contributed by atoms with Crippen LogP contribution in [0.15, 0.2) is 46.9 Å². The third kappa shape index (κ3) is 4.36. The largest absolute Gasteiger partial charge is 0.327 e. The van der Waals surface area contributed by atoms with Crippen LogP contribution < -0.4 is 10.6 Å². The Morgan fingerprint density at radius 3 is 2.63 bits per heavy atom. The van der Waals surface area contributed by atoms with Gasteiger partial charge in [-0.1, -0.05) is 27.3 Å². The summed E-state index contributed by atoms with van der Waals surface area (Å²) in [4.78, 5) is 43.1. The number of aromatic nitrogens is 1. The predicted molar refractivity (Wildman–Crippen MR) is 121 cm³/mol. The summed E-state index contributed by atoms with van der Waals surface area (Å²) < 4.78 is 1.75. The lowest BCUT2D eigenvalue weighted by molar-refractivity contribution is -0.119. The van der Waals surface area contributed by atoms with Crippen molar-refractivity contribution < 1.29 is 14.4 Å². The number of halogens is 1. The number of anilines is 2. The summed E-state index contributed by atoms with van der Waals surface area (Å²) >= 11 is 4.70. The standard InChI is InChI=1S/C21H19BrN4O3S/c1-12(27)23-15-8-9-16-18(11-15)30-21(24-16)25-19(28)17-3-2-10-26(17)20(29)13-4-6-14(22)7-5-13/h4-9,11,17H,2-3,10H2,1H3,(H,23,27)(H,24,25,28). The number of hydrogen-bond donors (Lipinski definition) is 2. The lowest BCUT2D eigenvalue weighted by Crippen LogP contribution is -2.43. The van der Waals surface area contributed by atoms with Gasteiger partial charge < -0.3 is 15.5 Å². The lowest BCUT2D eigenvalue weighted by atomic mass is 10.1. The van der Waals surface area contributed by atoms with Crippen LogP contribution in [0.25, 0.3) is 10.2 Å². The Kier molecular flexibility index (Phi) is 5.83. The second-order valence-corrected chi connectivity index (χ2v) is 8.98. The average molecular weight is 487 g/mol. The van der Waals surface area contributed by atoms with E-state index in [0.717, 1.165) is 21.1 Å². The van der Waals surface area contributed by atoms with Gasteiger partial charge in [-0.25, -0.2) is 4.98 Å². The van der Waals surface area contributed by atoms with E-state index in [1.54, 1.807) is 29.2 Å². The van der Waals surface area contributed by atoms with Crippen molar-refractivity contribution in [3.8, 4) is 0 Å². The molecule has 0 aliphatic carbocycles. The first-order valence-corrected chi connectivity index (χ1v) is 11.1. The maximum Gasteiger partial charge on any atom is 0.254 e. The first kappa shape index (κ1) is 20.5. The molecule has 0 radical (unpaired) electrons. The van der Waals surface area contributed by atoms with E-state index in [1.807, 2.05) is 18.2 Å². The molecule has 1 saturated heterocycles. The third-order valence-corrected chi connectivity index (χ3v) is 6.31. The van der Waals surface area contributed by atoms with Crippen LogP contribution in [0.2, 0.25) is 0 Å². The van der Waals surface area contributed by atoms with Crippen molar-refractivity contribution in [3.63, 3.8) is 0 Å². The minimum atomic E-state index is -0.525. The van der Waals surface area contributed by atoms with Crippen molar-refractivity contribution >= 4 is 66.0 Å². The van der Waals surface area contributed by atoms with Gasteiger partial charge >= 0.3 is 0 Å². The molecule has 4 rings (SSSR count). The summed E-state index contributed by atoms with van der Waals surface area (Å²) in [6, 6.07) is 12.0. The van der Waals surface area contributed by atoms with Gasteiger partial charge in [0.25, 0.3) is 5.91 Å². The summed E-state index contributed by atoms with van der Waals surface area (Å²) in [5.41, 5.74) is 1.97. The summed E-state index contributed by atoms with van der Waals surface area (Å²) in [6.07, 6.45) is 1.39. The number of carbonyl (C=O) groups is 3. The highest BCUT2D eigenvalue weighted by Crippen LogP contribution is 2.29. The van der Waals surface area contributed by atoms with E-state index in [9.17, 15) is 14.4 Å². The van der Waals surface area contributed by atoms with E-state index >= 15 is 0 Å². The molecular weight excluding hydrogens is 468 g/mol. The van der Waals surface area contributed by atoms with Crippen molar-refractivity contribution in [2.45, 2.75) is 25.8 Å². The number of amides is 3. The highest BCUT2D eigenvalue weighted by atomic mass is 79.9. The Labute approximate surface area is 185 Å². The van der Waals surface area contributed by atoms with E-state index in [4.69, 9.17) is 0 Å². The second kappa shape index (κ2) is 8.53. The molecule has 154 valence electrons. The minimum absolute atomic E-state index is 0.149. The number of nitrogens with one attached hydrogen (secondary N) is 2. The predicted octanol–water partition coefficient (Wildman–Crippen LogP) is 4.26. The average Bonchev–Trinajstić information content (AvgIpc) is 3.33. The number of benzene rings is 2. The van der Waals surface area contributed by atoms with Crippen LogP contribution in [0, 0.1) is 0 Å². The highest BCUT2D eigenvalue weighted by molar-refractivity contribution is 9.10. The Morgan fingerprint density at radius 1 is 1.13 bits per heavy atom. The van der Waals surface area contributed by atoms with Crippen LogP contribution >= 0.6 is 27.3 Å². The zero-order valence-corrected chi connectivity index (χ0v) is 18.5. The molecule has 1 aliphatic heterocycles. The molecule has 1 unspecified atom stereocenters. The SMILES string of the molecule is CC(=O)Nc1ccc2nc(NC(=O)C3CCCN3C(=O)c3ccc(Br)cc3)sc2c1. The van der Waals surface area contributed by atoms with Crippen LogP contribution in [-0.2, 0) is 9.59 Å². The van der Waals surface area contributed by atoms with Crippen LogP contribution in [0.3, 0.4) is 0 Å². The smallest absolute Gasteiger partial charge is 0.254 e. The summed E-state index contributed by atoms with van der Waals surface area (Å²) in [5, 5.41) is 6.06. The summed E-state index contributed by atoms with van der Waals surface area (Å²) in [5.74, 6) is -0.535. The fourth-order valence-corrected chi connectivity index (χ4v) is 4.66. The van der Waals surface area contributed by atoms with Crippen molar-refractivity contribution in [3.05, 3.63) is 52.5 Å². The van der Waals surface area contributed by atoms with Crippen LogP contribution in [0.4, 0.5) is 10.8 Å². The molecular formula is C21H19BrN4O3S. The maximum atomic E-state index is 12.9. The quantitative estimate of drug-likeness (QED) is 0.576. The Morgan fingerprint density at radius 2 is 1.90 bits per heavy atom. The minimum Gasteiger partial charge on any atom is -0.327 e. The third-order valence-electron chi connectivity index (χ3n) is 4.85. The molecule has 1 aliphatic rings. The molecule has 30 heavy (non-hydrogen) atoms. The van der Waals surface area contributed by atoms with Gasteiger partial charge in [0.1, 0.15) is 6.04 Å². The zero-order chi connectivity index (χ0) is 21.3. The van der Waals surface area contributed by atoms with Crippen molar-refractivity contribution in [1.29, 1.82) is 0 Å². The van der Waals surface area contributed by atoms with Gasteiger partial charge in [0.15, 0.2) is 5.13 Å².